The van der Waals surface area contributed by atoms with Crippen LogP contribution >= 0.6 is 0 Å². The predicted molar refractivity (Wildman–Crippen MR) is 182 cm³/mol. The predicted octanol–water partition coefficient (Wildman–Crippen LogP) is 7.54. The molecule has 0 unspecified atom stereocenters. The highest BCUT2D eigenvalue weighted by atomic mass is 16.2. The molecule has 7 rings (SSSR count). The van der Waals surface area contributed by atoms with Gasteiger partial charge in [-0.2, -0.15) is 0 Å². The van der Waals surface area contributed by atoms with Crippen LogP contribution in [-0.4, -0.2) is 58.7 Å². The van der Waals surface area contributed by atoms with E-state index in [2.05, 4.69) is 69.3 Å². The minimum Gasteiger partial charge on any atom is -0.338 e. The summed E-state index contributed by atoms with van der Waals surface area (Å²) in [4.78, 5) is 34.8. The van der Waals surface area contributed by atoms with Gasteiger partial charge >= 0.3 is 0 Å². The van der Waals surface area contributed by atoms with Crippen molar-refractivity contribution in [3.8, 4) is 0 Å². The molecule has 2 aliphatic rings. The first kappa shape index (κ1) is 29.2. The van der Waals surface area contributed by atoms with E-state index >= 15 is 0 Å². The van der Waals surface area contributed by atoms with E-state index < -0.39 is 0 Å². The number of amides is 2. The third-order valence-corrected chi connectivity index (χ3v) is 9.80. The molecule has 2 fully saturated rings. The lowest BCUT2D eigenvalue weighted by molar-refractivity contribution is -0.139. The molecule has 2 saturated heterocycles. The van der Waals surface area contributed by atoms with Crippen LogP contribution in [0, 0.1) is 5.92 Å². The van der Waals surface area contributed by atoms with E-state index in [1.807, 2.05) is 60.7 Å². The highest BCUT2D eigenvalue weighted by Crippen LogP contribution is 2.32. The molecule has 5 nitrogen and oxygen atoms in total. The van der Waals surface area contributed by atoms with Gasteiger partial charge in [0.05, 0.1) is 11.5 Å². The summed E-state index contributed by atoms with van der Waals surface area (Å²) in [5.74, 6) is 0.376. The Morgan fingerprint density at radius 1 is 0.644 bits per heavy atom. The van der Waals surface area contributed by atoms with Crippen LogP contribution in [-0.2, 0) is 17.9 Å². The maximum Gasteiger partial charge on any atom is 0.255 e. The molecule has 0 aliphatic carbocycles. The molecule has 5 aromatic carbocycles. The Hall–Kier alpha value is -4.48. The molecule has 2 heterocycles. The highest BCUT2D eigenvalue weighted by Gasteiger charge is 2.35. The molecule has 45 heavy (non-hydrogen) atoms. The number of hydrogen-bond acceptors (Lipinski definition) is 3. The van der Waals surface area contributed by atoms with Gasteiger partial charge in [0, 0.05) is 38.8 Å². The van der Waals surface area contributed by atoms with Gasteiger partial charge < -0.3 is 9.80 Å². The SMILES string of the molecule is O=C(c1c2ccccc2cc2ccccc12)N1CCC(N2CCC[C@@H](C(=O)N(Cc3ccccc3)Cc3ccccc3)C2)CC1. The van der Waals surface area contributed by atoms with Crippen molar-refractivity contribution in [2.75, 3.05) is 26.2 Å². The van der Waals surface area contributed by atoms with Gasteiger partial charge in [0.25, 0.3) is 5.91 Å². The molecule has 2 amide bonds. The molecular formula is C40H41N3O2. The lowest BCUT2D eigenvalue weighted by Crippen LogP contribution is -2.51. The van der Waals surface area contributed by atoms with Gasteiger partial charge in [0.15, 0.2) is 0 Å². The normalized spacial score (nSPS) is 17.9. The second kappa shape index (κ2) is 13.3. The first-order chi connectivity index (χ1) is 22.1. The Labute approximate surface area is 266 Å². The van der Waals surface area contributed by atoms with Crippen LogP contribution in [0.1, 0.15) is 47.2 Å². The molecule has 228 valence electrons. The van der Waals surface area contributed by atoms with Gasteiger partial charge in [-0.05, 0) is 71.0 Å². The summed E-state index contributed by atoms with van der Waals surface area (Å²) in [7, 11) is 0. The summed E-state index contributed by atoms with van der Waals surface area (Å²) < 4.78 is 0. The minimum absolute atomic E-state index is 0.00659. The summed E-state index contributed by atoms with van der Waals surface area (Å²) in [6, 6.07) is 39.7. The van der Waals surface area contributed by atoms with E-state index in [0.29, 0.717) is 19.1 Å². The second-order valence-electron chi connectivity index (χ2n) is 12.7. The largest absolute Gasteiger partial charge is 0.338 e. The Kier molecular flexibility index (Phi) is 8.61. The van der Waals surface area contributed by atoms with Crippen LogP contribution in [0.25, 0.3) is 21.5 Å². The fraction of sp³-hybridized carbons (Fsp3) is 0.300. The minimum atomic E-state index is -0.00659. The topological polar surface area (TPSA) is 43.9 Å². The standard InChI is InChI=1S/C40H41N3O2/c44-39(43(27-30-12-3-1-4-13-30)28-31-14-5-2-6-15-31)34-18-11-23-42(29-34)35-21-24-41(25-22-35)40(45)38-36-19-9-7-16-32(36)26-33-17-8-10-20-37(33)38/h1-10,12-17,19-20,26,34-35H,11,18,21-25,27-29H2/t34-/m1/s1. The third-order valence-electron chi connectivity index (χ3n) is 9.80. The molecular weight excluding hydrogens is 554 g/mol. The first-order valence-electron chi connectivity index (χ1n) is 16.4. The van der Waals surface area contributed by atoms with E-state index in [0.717, 1.165) is 90.1 Å². The average Bonchev–Trinajstić information content (AvgIpc) is 3.11. The zero-order valence-corrected chi connectivity index (χ0v) is 25.9. The number of benzene rings is 5. The van der Waals surface area contributed by atoms with Crippen molar-refractivity contribution in [1.82, 2.24) is 14.7 Å². The van der Waals surface area contributed by atoms with Crippen LogP contribution in [0.2, 0.25) is 0 Å². The van der Waals surface area contributed by atoms with Gasteiger partial charge in [0.2, 0.25) is 5.91 Å². The van der Waals surface area contributed by atoms with Crippen molar-refractivity contribution in [2.24, 2.45) is 5.92 Å². The Balaban J connectivity index is 1.03. The summed E-state index contributed by atoms with van der Waals surface area (Å²) >= 11 is 0. The molecule has 0 bridgehead atoms. The summed E-state index contributed by atoms with van der Waals surface area (Å²) in [6.45, 7) is 4.54. The number of carbonyl (C=O) groups is 2. The van der Waals surface area contributed by atoms with Crippen LogP contribution in [0.15, 0.2) is 115 Å². The van der Waals surface area contributed by atoms with Crippen molar-refractivity contribution in [2.45, 2.75) is 44.8 Å². The number of piperidine rings is 2. The van der Waals surface area contributed by atoms with Gasteiger partial charge in [-0.15, -0.1) is 0 Å². The number of likely N-dealkylation sites (tertiary alicyclic amines) is 2. The lowest BCUT2D eigenvalue weighted by Gasteiger charge is -2.43. The van der Waals surface area contributed by atoms with Crippen molar-refractivity contribution >= 4 is 33.4 Å². The molecule has 0 saturated carbocycles. The average molecular weight is 596 g/mol. The smallest absolute Gasteiger partial charge is 0.255 e. The van der Waals surface area contributed by atoms with E-state index in [9.17, 15) is 9.59 Å². The van der Waals surface area contributed by atoms with Crippen molar-refractivity contribution < 1.29 is 9.59 Å². The Morgan fingerprint density at radius 3 is 1.76 bits per heavy atom. The van der Waals surface area contributed by atoms with Crippen molar-refractivity contribution in [3.05, 3.63) is 132 Å². The van der Waals surface area contributed by atoms with Crippen LogP contribution in [0.4, 0.5) is 0 Å². The van der Waals surface area contributed by atoms with E-state index in [4.69, 9.17) is 0 Å². The molecule has 0 N–H and O–H groups in total. The zero-order valence-electron chi connectivity index (χ0n) is 25.9. The van der Waals surface area contributed by atoms with Crippen LogP contribution in [0.3, 0.4) is 0 Å². The van der Waals surface area contributed by atoms with Gasteiger partial charge in [0.1, 0.15) is 0 Å². The zero-order chi connectivity index (χ0) is 30.6. The number of hydrogen-bond donors (Lipinski definition) is 0. The Morgan fingerprint density at radius 2 is 1.18 bits per heavy atom. The summed E-state index contributed by atoms with van der Waals surface area (Å²) in [6.07, 6.45) is 3.84. The molecule has 2 aliphatic heterocycles. The van der Waals surface area contributed by atoms with Crippen LogP contribution in [0.5, 0.6) is 0 Å². The highest BCUT2D eigenvalue weighted by molar-refractivity contribution is 6.18. The lowest BCUT2D eigenvalue weighted by atomic mass is 9.92. The van der Waals surface area contributed by atoms with Crippen molar-refractivity contribution in [1.29, 1.82) is 0 Å². The number of rotatable bonds is 7. The quantitative estimate of drug-likeness (QED) is 0.183. The van der Waals surface area contributed by atoms with E-state index in [1.165, 1.54) is 0 Å². The van der Waals surface area contributed by atoms with Crippen LogP contribution < -0.4 is 0 Å². The molecule has 1 atom stereocenters. The molecule has 0 radical (unpaired) electrons. The Bertz CT molecular complexity index is 1680. The van der Waals surface area contributed by atoms with Gasteiger partial charge in [-0.25, -0.2) is 0 Å². The maximum absolute atomic E-state index is 14.1. The number of fused-ring (bicyclic) bond motifs is 2. The fourth-order valence-electron chi connectivity index (χ4n) is 7.45. The molecule has 0 spiro atoms. The summed E-state index contributed by atoms with van der Waals surface area (Å²) in [5.41, 5.74) is 3.14. The molecule has 5 heteroatoms. The first-order valence-corrected chi connectivity index (χ1v) is 16.4. The maximum atomic E-state index is 14.1. The van der Waals surface area contributed by atoms with Gasteiger partial charge in [-0.3, -0.25) is 14.5 Å². The second-order valence-corrected chi connectivity index (χ2v) is 12.7. The third kappa shape index (κ3) is 6.36. The molecule has 5 aromatic rings. The fourth-order valence-corrected chi connectivity index (χ4v) is 7.45. The van der Waals surface area contributed by atoms with E-state index in [1.54, 1.807) is 0 Å². The van der Waals surface area contributed by atoms with Crippen molar-refractivity contribution in [3.63, 3.8) is 0 Å². The summed E-state index contributed by atoms with van der Waals surface area (Å²) in [5, 5.41) is 4.26. The van der Waals surface area contributed by atoms with E-state index in [-0.39, 0.29) is 17.7 Å². The number of carbonyl (C=O) groups excluding carboxylic acids is 2. The van der Waals surface area contributed by atoms with Gasteiger partial charge in [-0.1, -0.05) is 109 Å². The monoisotopic (exact) mass is 595 g/mol. The number of nitrogens with zero attached hydrogens (tertiary/aromatic N) is 3. The molecule has 0 aromatic heterocycles.